The Labute approximate surface area is 133 Å². The molecule has 0 saturated heterocycles. The van der Waals surface area contributed by atoms with Crippen molar-refractivity contribution in [1.29, 1.82) is 0 Å². The van der Waals surface area contributed by atoms with Gasteiger partial charge in [-0.25, -0.2) is 0 Å². The fourth-order valence-corrected chi connectivity index (χ4v) is 9.12. The van der Waals surface area contributed by atoms with Gasteiger partial charge in [-0.2, -0.15) is 0 Å². The van der Waals surface area contributed by atoms with Gasteiger partial charge in [0.25, 0.3) is 0 Å². The molecule has 1 aliphatic heterocycles. The van der Waals surface area contributed by atoms with E-state index in [1.54, 1.807) is 9.98 Å². The first-order chi connectivity index (χ1) is 10.5. The van der Waals surface area contributed by atoms with E-state index in [4.69, 9.17) is 0 Å². The van der Waals surface area contributed by atoms with Crippen molar-refractivity contribution >= 4 is 24.4 Å². The van der Waals surface area contributed by atoms with Crippen LogP contribution < -0.4 is 4.46 Å². The van der Waals surface area contributed by atoms with Gasteiger partial charge in [0.1, 0.15) is 0 Å². The van der Waals surface area contributed by atoms with Crippen LogP contribution in [0.1, 0.15) is 48.9 Å². The second-order valence-corrected chi connectivity index (χ2v) is 10.5. The van der Waals surface area contributed by atoms with Crippen LogP contribution in [0.15, 0.2) is 24.3 Å². The molecule has 5 aliphatic rings. The van der Waals surface area contributed by atoms with Crippen molar-refractivity contribution in [3.05, 3.63) is 29.8 Å². The SMILES string of the molecule is O=C1c2ccccc2[Se](=O)N1C12CC3CC(CC(O)(C3)C1)C2. The molecule has 1 amide bonds. The van der Waals surface area contributed by atoms with Gasteiger partial charge in [0, 0.05) is 0 Å². The minimum atomic E-state index is -2.53. The molecule has 1 heterocycles. The molecule has 1 N–H and O–H groups in total. The molecular formula is C17H19NO3Se. The molecule has 1 aromatic rings. The van der Waals surface area contributed by atoms with E-state index < -0.39 is 19.7 Å². The number of hydrogen-bond donors (Lipinski definition) is 1. The Kier molecular flexibility index (Phi) is 2.49. The van der Waals surface area contributed by atoms with Crippen LogP contribution in [-0.4, -0.2) is 40.1 Å². The second kappa shape index (κ2) is 4.08. The van der Waals surface area contributed by atoms with Crippen LogP contribution >= 0.6 is 0 Å². The second-order valence-electron chi connectivity index (χ2n) is 7.75. The third kappa shape index (κ3) is 1.60. The molecule has 3 unspecified atom stereocenters. The zero-order valence-electron chi connectivity index (χ0n) is 12.3. The van der Waals surface area contributed by atoms with Gasteiger partial charge < -0.3 is 0 Å². The number of carbonyl (C=O) groups is 1. The van der Waals surface area contributed by atoms with Crippen molar-refractivity contribution in [2.24, 2.45) is 11.8 Å². The number of aliphatic hydroxyl groups is 1. The summed E-state index contributed by atoms with van der Waals surface area (Å²) in [5.74, 6) is 0.907. The number of hydrogen-bond acceptors (Lipinski definition) is 3. The van der Waals surface area contributed by atoms with Gasteiger partial charge in [0.2, 0.25) is 0 Å². The van der Waals surface area contributed by atoms with E-state index in [9.17, 15) is 13.7 Å². The van der Waals surface area contributed by atoms with Crippen molar-refractivity contribution in [2.45, 2.75) is 49.7 Å². The van der Waals surface area contributed by atoms with Gasteiger partial charge in [0.05, 0.1) is 0 Å². The molecule has 6 rings (SSSR count). The van der Waals surface area contributed by atoms with Crippen molar-refractivity contribution in [3.63, 3.8) is 0 Å². The normalized spacial score (nSPS) is 45.4. The summed E-state index contributed by atoms with van der Waals surface area (Å²) < 4.78 is 15.5. The molecule has 22 heavy (non-hydrogen) atoms. The summed E-state index contributed by atoms with van der Waals surface area (Å²) in [6.07, 6.45) is 5.37. The van der Waals surface area contributed by atoms with Gasteiger partial charge in [-0.1, -0.05) is 0 Å². The van der Waals surface area contributed by atoms with Crippen LogP contribution in [0.3, 0.4) is 0 Å². The van der Waals surface area contributed by atoms with E-state index >= 15 is 0 Å². The van der Waals surface area contributed by atoms with Gasteiger partial charge >= 0.3 is 133 Å². The van der Waals surface area contributed by atoms with Gasteiger partial charge in [0.15, 0.2) is 0 Å². The molecule has 4 bridgehead atoms. The molecule has 1 aromatic carbocycles. The fourth-order valence-electron chi connectivity index (χ4n) is 5.87. The molecule has 4 saturated carbocycles. The summed E-state index contributed by atoms with van der Waals surface area (Å²) in [6, 6.07) is 7.32. The van der Waals surface area contributed by atoms with E-state index in [1.807, 2.05) is 18.2 Å². The Morgan fingerprint density at radius 3 is 2.45 bits per heavy atom. The Morgan fingerprint density at radius 1 is 1.14 bits per heavy atom. The average Bonchev–Trinajstić information content (AvgIpc) is 2.69. The summed E-state index contributed by atoms with van der Waals surface area (Å²) in [6.45, 7) is 0. The predicted molar refractivity (Wildman–Crippen MR) is 81.0 cm³/mol. The first-order valence-electron chi connectivity index (χ1n) is 8.08. The Bertz CT molecular complexity index is 667. The Morgan fingerprint density at radius 2 is 1.82 bits per heavy atom. The van der Waals surface area contributed by atoms with Crippen LogP contribution in [0.25, 0.3) is 0 Å². The van der Waals surface area contributed by atoms with Crippen molar-refractivity contribution in [3.8, 4) is 0 Å². The Hall–Kier alpha value is -1.03. The number of carbonyl (C=O) groups excluding carboxylic acids is 1. The van der Waals surface area contributed by atoms with E-state index in [2.05, 4.69) is 0 Å². The molecule has 0 spiro atoms. The number of fused-ring (bicyclic) bond motifs is 1. The molecule has 0 aromatic heterocycles. The average molecular weight is 364 g/mol. The maximum atomic E-state index is 13.1. The number of benzene rings is 1. The summed E-state index contributed by atoms with van der Waals surface area (Å²) in [4.78, 5) is 12.9. The quantitative estimate of drug-likeness (QED) is 0.766. The predicted octanol–water partition coefficient (Wildman–Crippen LogP) is 1.35. The van der Waals surface area contributed by atoms with Gasteiger partial charge in [-0.15, -0.1) is 0 Å². The van der Waals surface area contributed by atoms with Gasteiger partial charge in [-0.05, 0) is 0 Å². The molecule has 4 aliphatic carbocycles. The number of rotatable bonds is 1. The summed E-state index contributed by atoms with van der Waals surface area (Å²) in [7, 11) is 0. The van der Waals surface area contributed by atoms with Crippen LogP contribution in [-0.2, 0) is 3.83 Å². The molecule has 4 fully saturated rings. The van der Waals surface area contributed by atoms with E-state index in [0.29, 0.717) is 23.8 Å². The standard InChI is InChI=1S/C17H19NO3Se/c19-15-13-3-1-2-4-14(13)22(21)18(15)16-6-11-5-12(7-16)9-17(20,8-11)10-16/h1-4,11-12,20H,5-10H2. The van der Waals surface area contributed by atoms with E-state index in [0.717, 1.165) is 30.1 Å². The van der Waals surface area contributed by atoms with Crippen molar-refractivity contribution in [1.82, 2.24) is 3.92 Å². The van der Waals surface area contributed by atoms with Gasteiger partial charge in [-0.3, -0.25) is 0 Å². The third-order valence-electron chi connectivity index (χ3n) is 6.09. The number of nitrogens with zero attached hydrogens (tertiary/aromatic N) is 1. The monoisotopic (exact) mass is 365 g/mol. The molecule has 3 atom stereocenters. The minimum absolute atomic E-state index is 0.0684. The number of amides is 1. The first-order valence-corrected chi connectivity index (χ1v) is 10.4. The van der Waals surface area contributed by atoms with E-state index in [1.165, 1.54) is 6.42 Å². The third-order valence-corrected chi connectivity index (χ3v) is 9.48. The first kappa shape index (κ1) is 13.4. The van der Waals surface area contributed by atoms with Crippen LogP contribution in [0.4, 0.5) is 0 Å². The van der Waals surface area contributed by atoms with Crippen molar-refractivity contribution < 1.29 is 13.7 Å². The summed E-state index contributed by atoms with van der Waals surface area (Å²) >= 11 is -2.53. The molecule has 4 nitrogen and oxygen atoms in total. The fraction of sp³-hybridized carbons (Fsp3) is 0.588. The van der Waals surface area contributed by atoms with E-state index in [-0.39, 0.29) is 11.4 Å². The summed E-state index contributed by atoms with van der Waals surface area (Å²) in [5, 5.41) is 10.9. The van der Waals surface area contributed by atoms with Crippen LogP contribution in [0.2, 0.25) is 0 Å². The zero-order chi connectivity index (χ0) is 15.1. The molecular weight excluding hydrogens is 345 g/mol. The van der Waals surface area contributed by atoms with Crippen molar-refractivity contribution in [2.75, 3.05) is 0 Å². The molecule has 0 radical (unpaired) electrons. The summed E-state index contributed by atoms with van der Waals surface area (Å²) in [5.41, 5.74) is -0.378. The van der Waals surface area contributed by atoms with Crippen LogP contribution in [0.5, 0.6) is 0 Å². The maximum absolute atomic E-state index is 13.1. The molecule has 5 heteroatoms. The zero-order valence-corrected chi connectivity index (χ0v) is 14.0. The molecule has 116 valence electrons. The van der Waals surface area contributed by atoms with Crippen LogP contribution in [0, 0.1) is 11.8 Å². The Balaban J connectivity index is 1.61. The topological polar surface area (TPSA) is 57.6 Å².